The van der Waals surface area contributed by atoms with Gasteiger partial charge in [0, 0.05) is 6.42 Å². The van der Waals surface area contributed by atoms with E-state index >= 15 is 0 Å². The average molecular weight is 453 g/mol. The fourth-order valence-electron chi connectivity index (χ4n) is 2.99. The van der Waals surface area contributed by atoms with Gasteiger partial charge in [-0.25, -0.2) is 0 Å². The van der Waals surface area contributed by atoms with Gasteiger partial charge in [0.1, 0.15) is 5.41 Å². The van der Waals surface area contributed by atoms with E-state index in [0.717, 1.165) is 15.8 Å². The molecule has 0 radical (unpaired) electrons. The van der Waals surface area contributed by atoms with Gasteiger partial charge in [-0.1, -0.05) is 12.2 Å². The Morgan fingerprint density at radius 3 is 1.93 bits per heavy atom. The van der Waals surface area contributed by atoms with Gasteiger partial charge in [0.25, 0.3) is 0 Å². The van der Waals surface area contributed by atoms with E-state index in [9.17, 15) is 5.11 Å². The second kappa shape index (κ2) is 12.1. The SMILES string of the molecule is C=C(C)COCC(CC([SiH3])(O[Si](C)(C)C)O[Si](C)(C)C)OCC(C)OC(C)O. The molecule has 3 unspecified atom stereocenters. The molecule has 0 rings (SSSR count). The van der Waals surface area contributed by atoms with Gasteiger partial charge in [0.15, 0.2) is 22.9 Å². The van der Waals surface area contributed by atoms with Crippen molar-refractivity contribution < 1.29 is 28.2 Å². The molecule has 0 aliphatic heterocycles. The normalized spacial score (nSPS) is 16.8. The average Bonchev–Trinajstić information content (AvgIpc) is 2.38. The Bertz CT molecular complexity index is 444. The first kappa shape index (κ1) is 28.2. The van der Waals surface area contributed by atoms with E-state index < -0.39 is 28.3 Å². The highest BCUT2D eigenvalue weighted by molar-refractivity contribution is 6.71. The lowest BCUT2D eigenvalue weighted by molar-refractivity contribution is -0.157. The molecule has 0 fully saturated rings. The molecular formula is C19H44O6Si3. The van der Waals surface area contributed by atoms with E-state index in [0.29, 0.717) is 26.2 Å². The minimum Gasteiger partial charge on any atom is -0.395 e. The van der Waals surface area contributed by atoms with Crippen molar-refractivity contribution in [2.24, 2.45) is 0 Å². The predicted octanol–water partition coefficient (Wildman–Crippen LogP) is 2.82. The quantitative estimate of drug-likeness (QED) is 0.234. The van der Waals surface area contributed by atoms with E-state index in [2.05, 4.69) is 45.9 Å². The highest BCUT2D eigenvalue weighted by atomic mass is 28.4. The molecule has 0 aromatic heterocycles. The molecule has 1 N–H and O–H groups in total. The Labute approximate surface area is 177 Å². The number of aliphatic hydroxyl groups excluding tert-OH is 1. The summed E-state index contributed by atoms with van der Waals surface area (Å²) in [4.78, 5) is 0. The molecule has 28 heavy (non-hydrogen) atoms. The van der Waals surface area contributed by atoms with Crippen LogP contribution in [0.5, 0.6) is 0 Å². The third-order valence-electron chi connectivity index (χ3n) is 3.29. The van der Waals surface area contributed by atoms with Crippen LogP contribution >= 0.6 is 0 Å². The number of ether oxygens (including phenoxy) is 3. The summed E-state index contributed by atoms with van der Waals surface area (Å²) in [6.07, 6.45) is -0.613. The van der Waals surface area contributed by atoms with Crippen molar-refractivity contribution in [1.29, 1.82) is 0 Å². The lowest BCUT2D eigenvalue weighted by atomic mass is 10.2. The van der Waals surface area contributed by atoms with Gasteiger partial charge in [-0.05, 0) is 60.1 Å². The number of aliphatic hydroxyl groups is 1. The third-order valence-corrected chi connectivity index (χ3v) is 7.01. The van der Waals surface area contributed by atoms with Crippen LogP contribution in [0.2, 0.25) is 39.3 Å². The Balaban J connectivity index is 5.22. The minimum atomic E-state index is -1.81. The van der Waals surface area contributed by atoms with E-state index in [4.69, 9.17) is 23.1 Å². The predicted molar refractivity (Wildman–Crippen MR) is 124 cm³/mol. The second-order valence-electron chi connectivity index (χ2n) is 9.74. The molecule has 168 valence electrons. The monoisotopic (exact) mass is 452 g/mol. The van der Waals surface area contributed by atoms with Crippen molar-refractivity contribution in [1.82, 2.24) is 0 Å². The zero-order valence-electron chi connectivity index (χ0n) is 19.8. The van der Waals surface area contributed by atoms with Crippen molar-refractivity contribution in [3.63, 3.8) is 0 Å². The molecule has 3 atom stereocenters. The molecular weight excluding hydrogens is 408 g/mol. The molecule has 0 aliphatic rings. The van der Waals surface area contributed by atoms with Gasteiger partial charge in [-0.2, -0.15) is 0 Å². The summed E-state index contributed by atoms with van der Waals surface area (Å²) in [6.45, 7) is 23.7. The van der Waals surface area contributed by atoms with Gasteiger partial charge in [-0.15, -0.1) is 0 Å². The first-order chi connectivity index (χ1) is 12.5. The smallest absolute Gasteiger partial charge is 0.187 e. The molecule has 0 aliphatic carbocycles. The maximum absolute atomic E-state index is 9.39. The minimum absolute atomic E-state index is 0.190. The van der Waals surface area contributed by atoms with Gasteiger partial charge < -0.3 is 28.2 Å². The molecule has 0 heterocycles. The zero-order valence-corrected chi connectivity index (χ0v) is 23.8. The number of rotatable bonds is 15. The van der Waals surface area contributed by atoms with Gasteiger partial charge in [0.2, 0.25) is 0 Å². The topological polar surface area (TPSA) is 66.4 Å². The third kappa shape index (κ3) is 16.0. The van der Waals surface area contributed by atoms with Crippen molar-refractivity contribution in [2.75, 3.05) is 19.8 Å². The van der Waals surface area contributed by atoms with Crippen LogP contribution in [-0.2, 0) is 23.1 Å². The van der Waals surface area contributed by atoms with Crippen LogP contribution in [0.25, 0.3) is 0 Å². The van der Waals surface area contributed by atoms with E-state index in [-0.39, 0.29) is 12.2 Å². The van der Waals surface area contributed by atoms with Crippen LogP contribution in [0.3, 0.4) is 0 Å². The van der Waals surface area contributed by atoms with Crippen molar-refractivity contribution in [3.8, 4) is 0 Å². The summed E-state index contributed by atoms with van der Waals surface area (Å²) in [7, 11) is -2.89. The van der Waals surface area contributed by atoms with E-state index in [1.54, 1.807) is 6.92 Å². The highest BCUT2D eigenvalue weighted by Crippen LogP contribution is 2.27. The van der Waals surface area contributed by atoms with Gasteiger partial charge in [0.05, 0.1) is 42.3 Å². The first-order valence-corrected chi connectivity index (χ1v) is 17.9. The van der Waals surface area contributed by atoms with Crippen LogP contribution in [0.1, 0.15) is 27.2 Å². The molecule has 0 aromatic rings. The molecule has 9 heteroatoms. The Kier molecular flexibility index (Phi) is 12.2. The summed E-state index contributed by atoms with van der Waals surface area (Å²) in [6, 6.07) is 0. The lowest BCUT2D eigenvalue weighted by Gasteiger charge is -2.42. The molecule has 6 nitrogen and oxygen atoms in total. The largest absolute Gasteiger partial charge is 0.395 e. The molecule has 0 bridgehead atoms. The molecule has 0 saturated carbocycles. The lowest BCUT2D eigenvalue weighted by Crippen LogP contribution is -2.53. The molecule has 0 spiro atoms. The van der Waals surface area contributed by atoms with Crippen LogP contribution in [0.15, 0.2) is 12.2 Å². The zero-order chi connectivity index (χ0) is 22.2. The summed E-state index contributed by atoms with van der Waals surface area (Å²) < 4.78 is 30.3. The van der Waals surface area contributed by atoms with Crippen LogP contribution in [-0.4, -0.2) is 75.7 Å². The molecule has 0 amide bonds. The van der Waals surface area contributed by atoms with Gasteiger partial charge >= 0.3 is 0 Å². The maximum Gasteiger partial charge on any atom is 0.187 e. The molecule has 0 saturated heterocycles. The van der Waals surface area contributed by atoms with Gasteiger partial charge in [-0.3, -0.25) is 0 Å². The summed E-state index contributed by atoms with van der Waals surface area (Å²) in [5.41, 5.74) is 0.374. The van der Waals surface area contributed by atoms with Crippen molar-refractivity contribution in [2.45, 2.75) is 90.4 Å². The fourth-order valence-corrected chi connectivity index (χ4v) is 10.0. The summed E-state index contributed by atoms with van der Waals surface area (Å²) >= 11 is 0. The Morgan fingerprint density at radius 2 is 1.54 bits per heavy atom. The standard InChI is InChI=1S/C19H44O6Si3/c1-15(2)12-21-14-18(22-13-16(3)23-17(4)20)11-19(26,24-27(5,6)7)25-28(8,9)10/h16-18,20H,1,11-14H2,2-10,26H3. The van der Waals surface area contributed by atoms with Crippen LogP contribution in [0.4, 0.5) is 0 Å². The van der Waals surface area contributed by atoms with Crippen molar-refractivity contribution in [3.05, 3.63) is 12.2 Å². The summed E-state index contributed by atoms with van der Waals surface area (Å²) in [5.74, 6) is 0. The highest BCUT2D eigenvalue weighted by Gasteiger charge is 2.38. The first-order valence-electron chi connectivity index (χ1n) is 10.1. The number of hydrogen-bond acceptors (Lipinski definition) is 6. The summed E-state index contributed by atoms with van der Waals surface area (Å²) in [5, 5.41) is 9.39. The maximum atomic E-state index is 9.39. The van der Waals surface area contributed by atoms with Crippen molar-refractivity contribution >= 4 is 26.9 Å². The van der Waals surface area contributed by atoms with Crippen LogP contribution < -0.4 is 0 Å². The molecule has 0 aromatic carbocycles. The van der Waals surface area contributed by atoms with E-state index in [1.807, 2.05) is 13.8 Å². The second-order valence-corrected chi connectivity index (χ2v) is 20.1. The Hall–Kier alpha value is 0.151. The van der Waals surface area contributed by atoms with E-state index in [1.165, 1.54) is 0 Å². The Morgan fingerprint density at radius 1 is 1.04 bits per heavy atom. The number of hydrogen-bond donors (Lipinski definition) is 1. The van der Waals surface area contributed by atoms with Crippen LogP contribution in [0, 0.1) is 0 Å². The fraction of sp³-hybridized carbons (Fsp3) is 0.895.